The molecule has 2 fully saturated rings. The number of phosphoric acid groups is 2. The first-order chi connectivity index (χ1) is 15.7. The van der Waals surface area contributed by atoms with E-state index in [4.69, 9.17) is 15.2 Å². The van der Waals surface area contributed by atoms with Gasteiger partial charge in [0.1, 0.15) is 30.2 Å². The molecule has 194 valence electrons. The van der Waals surface area contributed by atoms with E-state index >= 15 is 0 Å². The molecule has 0 aliphatic carbocycles. The number of nitrogens with two attached hydrogens (primary N) is 1. The average Bonchev–Trinajstić information content (AvgIpc) is 2.98. The van der Waals surface area contributed by atoms with Crippen LogP contribution in [-0.4, -0.2) is 89.3 Å². The van der Waals surface area contributed by atoms with Crippen LogP contribution in [0.25, 0.3) is 0 Å². The molecule has 1 aromatic heterocycles. The number of phosphoric ester groups is 2. The van der Waals surface area contributed by atoms with Gasteiger partial charge in [-0.1, -0.05) is 0 Å². The van der Waals surface area contributed by atoms with Gasteiger partial charge in [-0.2, -0.15) is 9.29 Å². The van der Waals surface area contributed by atoms with E-state index < -0.39 is 77.1 Å². The zero-order chi connectivity index (χ0) is 25.4. The largest absolute Gasteiger partial charge is 0.483 e. The van der Waals surface area contributed by atoms with E-state index in [9.17, 15) is 44.1 Å². The highest BCUT2D eigenvalue weighted by atomic mass is 31.3. The smallest absolute Gasteiger partial charge is 0.390 e. The first kappa shape index (κ1) is 27.3. The fourth-order valence-corrected chi connectivity index (χ4v) is 5.40. The summed E-state index contributed by atoms with van der Waals surface area (Å²) >= 11 is 0. The molecule has 8 N–H and O–H groups in total. The third-order valence-electron chi connectivity index (χ3n) is 5.00. The molecule has 0 spiro atoms. The molecular formula is C15H25N3O14P2. The zero-order valence-electron chi connectivity index (χ0n) is 17.5. The van der Waals surface area contributed by atoms with Crippen LogP contribution in [-0.2, 0) is 32.0 Å². The summed E-state index contributed by atoms with van der Waals surface area (Å²) < 4.78 is 48.7. The molecule has 0 bridgehead atoms. The van der Waals surface area contributed by atoms with Crippen molar-refractivity contribution in [2.24, 2.45) is 0 Å². The van der Waals surface area contributed by atoms with Gasteiger partial charge in [-0.05, 0) is 13.0 Å². The lowest BCUT2D eigenvalue weighted by molar-refractivity contribution is -0.233. The number of aliphatic hydroxyl groups excluding tert-OH is 4. The lowest BCUT2D eigenvalue weighted by Crippen LogP contribution is -2.46. The molecule has 0 amide bonds. The van der Waals surface area contributed by atoms with Crippen LogP contribution < -0.4 is 11.4 Å². The van der Waals surface area contributed by atoms with Crippen molar-refractivity contribution in [1.29, 1.82) is 0 Å². The number of ether oxygens (including phenoxy) is 2. The van der Waals surface area contributed by atoms with Gasteiger partial charge >= 0.3 is 21.3 Å². The summed E-state index contributed by atoms with van der Waals surface area (Å²) in [7, 11) is -10.7. The highest BCUT2D eigenvalue weighted by molar-refractivity contribution is 7.61. The highest BCUT2D eigenvalue weighted by Crippen LogP contribution is 2.61. The van der Waals surface area contributed by atoms with Crippen molar-refractivity contribution < 1.29 is 62.2 Å². The average molecular weight is 533 g/mol. The van der Waals surface area contributed by atoms with Crippen molar-refractivity contribution in [2.45, 2.75) is 62.5 Å². The standard InChI is InChI=1S/C15H25N3O14P2/c1-6-7(19)4-8(20)14(29-6)31-34(26,27)32-33(24,25)28-5-9-11(21)12(22)13(30-9)18-3-2-10(16)17-15(18)23/h2-3,6-9,11-14,19-22H,4-5H2,1H3,(H,24,25)(H,26,27)(H2,16,17,23)/t6-,7+,8+,9+,11+,12+,13+,14+/m0/s1. The second-order valence-corrected chi connectivity index (χ2v) is 10.6. The topological polar surface area (TPSA) is 263 Å². The van der Waals surface area contributed by atoms with E-state index in [1.54, 1.807) is 0 Å². The summed E-state index contributed by atoms with van der Waals surface area (Å²) in [5.74, 6) is -0.0973. The maximum atomic E-state index is 12.1. The fraction of sp³-hybridized carbons (Fsp3) is 0.733. The number of aliphatic hydroxyl groups is 4. The Morgan fingerprint density at radius 3 is 2.47 bits per heavy atom. The van der Waals surface area contributed by atoms with E-state index in [0.29, 0.717) is 0 Å². The van der Waals surface area contributed by atoms with Gasteiger partial charge in [0, 0.05) is 12.6 Å². The fourth-order valence-electron chi connectivity index (χ4n) is 3.23. The molecule has 2 aliphatic heterocycles. The van der Waals surface area contributed by atoms with Crippen LogP contribution in [0.15, 0.2) is 17.1 Å². The van der Waals surface area contributed by atoms with Crippen molar-refractivity contribution >= 4 is 21.5 Å². The van der Waals surface area contributed by atoms with E-state index in [0.717, 1.165) is 10.8 Å². The Bertz CT molecular complexity index is 1020. The summed E-state index contributed by atoms with van der Waals surface area (Å²) in [6.45, 7) is 0.477. The summed E-state index contributed by atoms with van der Waals surface area (Å²) in [5, 5.41) is 39.7. The minimum absolute atomic E-state index is 0.0973. The van der Waals surface area contributed by atoms with Crippen LogP contribution in [0.4, 0.5) is 5.82 Å². The molecule has 17 nitrogen and oxygen atoms in total. The quantitative estimate of drug-likeness (QED) is 0.171. The van der Waals surface area contributed by atoms with E-state index in [-0.39, 0.29) is 12.2 Å². The molecular weight excluding hydrogens is 508 g/mol. The van der Waals surface area contributed by atoms with Crippen LogP contribution in [0.2, 0.25) is 0 Å². The van der Waals surface area contributed by atoms with Gasteiger partial charge < -0.3 is 45.4 Å². The van der Waals surface area contributed by atoms with Crippen LogP contribution in [0, 0.1) is 0 Å². The zero-order valence-corrected chi connectivity index (χ0v) is 19.3. The Morgan fingerprint density at radius 2 is 1.82 bits per heavy atom. The number of nitrogens with zero attached hydrogens (tertiary/aromatic N) is 2. The highest BCUT2D eigenvalue weighted by Gasteiger charge is 2.47. The van der Waals surface area contributed by atoms with E-state index in [1.807, 2.05) is 0 Å². The SMILES string of the molecule is C[C@@H]1O[C@H](OP(=O)(O)OP(=O)(O)OC[C@H]2O[C@@H](n3ccc(N)nc3=O)[C@H](O)[C@@H]2O)[C@H](O)C[C@H]1O. The van der Waals surface area contributed by atoms with Crippen molar-refractivity contribution in [3.8, 4) is 0 Å². The van der Waals surface area contributed by atoms with Crippen LogP contribution in [0.1, 0.15) is 19.6 Å². The number of nitrogen functional groups attached to an aromatic ring is 1. The van der Waals surface area contributed by atoms with Gasteiger partial charge in [0.05, 0.1) is 18.8 Å². The number of aromatic nitrogens is 2. The van der Waals surface area contributed by atoms with Gasteiger partial charge in [0.25, 0.3) is 0 Å². The Balaban J connectivity index is 1.59. The van der Waals surface area contributed by atoms with Gasteiger partial charge in [-0.25, -0.2) is 13.9 Å². The number of rotatable bonds is 8. The third kappa shape index (κ3) is 6.47. The van der Waals surface area contributed by atoms with E-state index in [1.165, 1.54) is 13.0 Å². The predicted molar refractivity (Wildman–Crippen MR) is 108 cm³/mol. The Kier molecular flexibility index (Phi) is 8.32. The summed E-state index contributed by atoms with van der Waals surface area (Å²) in [6, 6.07) is 1.23. The molecule has 19 heteroatoms. The van der Waals surface area contributed by atoms with Gasteiger partial charge in [-0.3, -0.25) is 13.6 Å². The van der Waals surface area contributed by atoms with Crippen LogP contribution in [0.3, 0.4) is 0 Å². The van der Waals surface area contributed by atoms with Crippen LogP contribution in [0.5, 0.6) is 0 Å². The molecule has 0 saturated carbocycles. The van der Waals surface area contributed by atoms with Crippen molar-refractivity contribution in [2.75, 3.05) is 12.3 Å². The molecule has 2 aliphatic rings. The number of anilines is 1. The van der Waals surface area contributed by atoms with Gasteiger partial charge in [0.2, 0.25) is 0 Å². The molecule has 1 aromatic rings. The molecule has 0 aromatic carbocycles. The molecule has 3 rings (SSSR count). The summed E-state index contributed by atoms with van der Waals surface area (Å²) in [5.41, 5.74) is 4.48. The van der Waals surface area contributed by atoms with Crippen molar-refractivity contribution in [3.05, 3.63) is 22.7 Å². The van der Waals surface area contributed by atoms with Gasteiger partial charge in [0.15, 0.2) is 12.5 Å². The van der Waals surface area contributed by atoms with Crippen molar-refractivity contribution in [3.63, 3.8) is 0 Å². The van der Waals surface area contributed by atoms with Gasteiger partial charge in [-0.15, -0.1) is 0 Å². The summed E-state index contributed by atoms with van der Waals surface area (Å²) in [4.78, 5) is 34.9. The van der Waals surface area contributed by atoms with Crippen molar-refractivity contribution in [1.82, 2.24) is 9.55 Å². The van der Waals surface area contributed by atoms with Crippen LogP contribution >= 0.6 is 15.6 Å². The number of hydrogen-bond acceptors (Lipinski definition) is 14. The lowest BCUT2D eigenvalue weighted by Gasteiger charge is -2.35. The molecule has 10 atom stereocenters. The normalized spacial score (nSPS) is 37.7. The predicted octanol–water partition coefficient (Wildman–Crippen LogP) is -2.45. The Morgan fingerprint density at radius 1 is 1.15 bits per heavy atom. The molecule has 34 heavy (non-hydrogen) atoms. The first-order valence-electron chi connectivity index (χ1n) is 9.77. The summed E-state index contributed by atoms with van der Waals surface area (Å²) in [6.07, 6.45) is -10.7. The monoisotopic (exact) mass is 533 g/mol. The minimum Gasteiger partial charge on any atom is -0.390 e. The second kappa shape index (κ2) is 10.4. The molecule has 0 radical (unpaired) electrons. The minimum atomic E-state index is -5.35. The maximum absolute atomic E-state index is 12.1. The molecule has 3 heterocycles. The Hall–Kier alpha value is -1.30. The molecule has 2 unspecified atom stereocenters. The first-order valence-corrected chi connectivity index (χ1v) is 12.8. The third-order valence-corrected chi connectivity index (χ3v) is 7.60. The maximum Gasteiger partial charge on any atom is 0.483 e. The second-order valence-electron chi connectivity index (χ2n) is 7.59. The van der Waals surface area contributed by atoms with E-state index in [2.05, 4.69) is 18.3 Å². The lowest BCUT2D eigenvalue weighted by atomic mass is 10.0. The Labute approximate surface area is 191 Å². The number of hydrogen-bond donors (Lipinski definition) is 7. The molecule has 2 saturated heterocycles.